The van der Waals surface area contributed by atoms with E-state index in [1.807, 2.05) is 23.1 Å². The molecule has 0 fully saturated rings. The van der Waals surface area contributed by atoms with E-state index in [-0.39, 0.29) is 5.91 Å². The number of nitrogens with zero attached hydrogens (tertiary/aromatic N) is 1. The first-order chi connectivity index (χ1) is 11.1. The topological polar surface area (TPSA) is 20.3 Å². The van der Waals surface area contributed by atoms with Gasteiger partial charge in [0.1, 0.15) is 0 Å². The number of hydrogen-bond acceptors (Lipinski definition) is 1. The number of para-hydroxylation sites is 1. The van der Waals surface area contributed by atoms with Crippen molar-refractivity contribution in [3.63, 3.8) is 0 Å². The third-order valence-electron chi connectivity index (χ3n) is 4.56. The predicted octanol–water partition coefficient (Wildman–Crippen LogP) is 5.09. The maximum atomic E-state index is 12.0. The summed E-state index contributed by atoms with van der Waals surface area (Å²) in [4.78, 5) is 13.9. The van der Waals surface area contributed by atoms with Gasteiger partial charge in [-0.3, -0.25) is 4.79 Å². The number of unbranched alkanes of at least 4 members (excludes halogenated alkanes) is 1. The zero-order valence-corrected chi connectivity index (χ0v) is 14.5. The Labute approximate surface area is 143 Å². The molecule has 2 aromatic rings. The Balaban J connectivity index is 2.06. The minimum absolute atomic E-state index is 0.0914. The number of halogens is 1. The molecular weight excluding hydrogens is 306 g/mol. The second kappa shape index (κ2) is 6.76. The summed E-state index contributed by atoms with van der Waals surface area (Å²) in [5.74, 6) is 0.814. The first-order valence-corrected chi connectivity index (χ1v) is 8.71. The Hall–Kier alpha value is -1.80. The van der Waals surface area contributed by atoms with Crippen molar-refractivity contribution in [1.29, 1.82) is 0 Å². The first kappa shape index (κ1) is 16.1. The monoisotopic (exact) mass is 327 g/mol. The Morgan fingerprint density at radius 2 is 1.96 bits per heavy atom. The molecule has 2 aromatic carbocycles. The Kier molecular flexibility index (Phi) is 4.72. The lowest BCUT2D eigenvalue weighted by Gasteiger charge is -2.32. The van der Waals surface area contributed by atoms with E-state index in [1.165, 1.54) is 22.3 Å². The molecule has 1 heterocycles. The van der Waals surface area contributed by atoms with E-state index in [0.29, 0.717) is 6.54 Å². The molecule has 1 aliphatic rings. The van der Waals surface area contributed by atoms with Crippen molar-refractivity contribution in [2.45, 2.75) is 39.7 Å². The summed E-state index contributed by atoms with van der Waals surface area (Å²) in [6.45, 7) is 4.45. The largest absolute Gasteiger partial charge is 0.308 e. The highest BCUT2D eigenvalue weighted by atomic mass is 35.5. The summed E-state index contributed by atoms with van der Waals surface area (Å²) in [6.07, 6.45) is 3.22. The predicted molar refractivity (Wildman–Crippen MR) is 97.1 cm³/mol. The summed E-state index contributed by atoms with van der Waals surface area (Å²) >= 11 is 5.79. The molecule has 3 rings (SSSR count). The Bertz CT molecular complexity index is 738. The lowest BCUT2D eigenvalue weighted by atomic mass is 9.88. The highest BCUT2D eigenvalue weighted by molar-refractivity contribution is 6.17. The van der Waals surface area contributed by atoms with Gasteiger partial charge in [0.15, 0.2) is 0 Å². The number of fused-ring (bicyclic) bond motifs is 3. The molecule has 2 nitrogen and oxygen atoms in total. The van der Waals surface area contributed by atoms with E-state index in [2.05, 4.69) is 25.1 Å². The first-order valence-electron chi connectivity index (χ1n) is 8.17. The van der Waals surface area contributed by atoms with Gasteiger partial charge in [-0.25, -0.2) is 0 Å². The van der Waals surface area contributed by atoms with Crippen LogP contribution < -0.4 is 4.90 Å². The van der Waals surface area contributed by atoms with Crippen LogP contribution >= 0.6 is 11.6 Å². The van der Waals surface area contributed by atoms with Crippen LogP contribution in [-0.4, -0.2) is 11.8 Å². The van der Waals surface area contributed by atoms with Crippen molar-refractivity contribution < 1.29 is 4.79 Å². The molecule has 0 spiro atoms. The van der Waals surface area contributed by atoms with Crippen molar-refractivity contribution in [3.05, 3.63) is 53.1 Å². The summed E-state index contributed by atoms with van der Waals surface area (Å²) < 4.78 is 0. The van der Waals surface area contributed by atoms with E-state index in [4.69, 9.17) is 11.6 Å². The smallest absolute Gasteiger partial charge is 0.224 e. The quantitative estimate of drug-likeness (QED) is 0.565. The SMILES string of the molecule is CC(=O)N1Cc2c(C)cc(CCCCCl)cc2-c2ccccc21. The molecule has 0 atom stereocenters. The van der Waals surface area contributed by atoms with Crippen molar-refractivity contribution in [2.24, 2.45) is 0 Å². The highest BCUT2D eigenvalue weighted by Gasteiger charge is 2.25. The van der Waals surface area contributed by atoms with Gasteiger partial charge in [0.2, 0.25) is 5.91 Å². The summed E-state index contributed by atoms with van der Waals surface area (Å²) in [6, 6.07) is 12.8. The number of hydrogen-bond donors (Lipinski definition) is 0. The number of alkyl halides is 1. The van der Waals surface area contributed by atoms with Crippen molar-refractivity contribution in [1.82, 2.24) is 0 Å². The fraction of sp³-hybridized carbons (Fsp3) is 0.350. The van der Waals surface area contributed by atoms with E-state index < -0.39 is 0 Å². The molecule has 3 heteroatoms. The number of carbonyl (C=O) groups excluding carboxylic acids is 1. The highest BCUT2D eigenvalue weighted by Crippen LogP contribution is 2.40. The second-order valence-electron chi connectivity index (χ2n) is 6.21. The van der Waals surface area contributed by atoms with Crippen LogP contribution in [0.2, 0.25) is 0 Å². The fourth-order valence-corrected chi connectivity index (χ4v) is 3.56. The summed E-state index contributed by atoms with van der Waals surface area (Å²) in [5, 5.41) is 0. The van der Waals surface area contributed by atoms with Crippen LogP contribution in [0.25, 0.3) is 11.1 Å². The molecule has 0 aromatic heterocycles. The van der Waals surface area contributed by atoms with Crippen LogP contribution in [0.4, 0.5) is 5.69 Å². The van der Waals surface area contributed by atoms with E-state index in [1.54, 1.807) is 6.92 Å². The number of benzene rings is 2. The lowest BCUT2D eigenvalue weighted by molar-refractivity contribution is -0.116. The van der Waals surface area contributed by atoms with Gasteiger partial charge in [-0.2, -0.15) is 0 Å². The second-order valence-corrected chi connectivity index (χ2v) is 6.59. The summed E-state index contributed by atoms with van der Waals surface area (Å²) in [5.41, 5.74) is 7.34. The average molecular weight is 328 g/mol. The van der Waals surface area contributed by atoms with Gasteiger partial charge >= 0.3 is 0 Å². The van der Waals surface area contributed by atoms with Crippen molar-refractivity contribution in [3.8, 4) is 11.1 Å². The van der Waals surface area contributed by atoms with Gasteiger partial charge in [0.25, 0.3) is 0 Å². The number of carbonyl (C=O) groups is 1. The van der Waals surface area contributed by atoms with Gasteiger partial charge in [0.05, 0.1) is 12.2 Å². The molecular formula is C20H22ClNO. The minimum atomic E-state index is 0.0914. The van der Waals surface area contributed by atoms with Crippen LogP contribution in [0.1, 0.15) is 36.5 Å². The molecule has 1 amide bonds. The summed E-state index contributed by atoms with van der Waals surface area (Å²) in [7, 11) is 0. The number of aryl methyl sites for hydroxylation is 2. The molecule has 1 aliphatic heterocycles. The third kappa shape index (κ3) is 3.13. The molecule has 0 radical (unpaired) electrons. The van der Waals surface area contributed by atoms with Crippen LogP contribution in [0.5, 0.6) is 0 Å². The molecule has 0 saturated carbocycles. The zero-order valence-electron chi connectivity index (χ0n) is 13.7. The van der Waals surface area contributed by atoms with Gasteiger partial charge in [-0.05, 0) is 54.5 Å². The number of anilines is 1. The van der Waals surface area contributed by atoms with Gasteiger partial charge in [-0.15, -0.1) is 11.6 Å². The molecule has 23 heavy (non-hydrogen) atoms. The standard InChI is InChI=1S/C20H22ClNO/c1-14-11-16(7-5-6-10-21)12-18-17-8-3-4-9-20(17)22(15(2)23)13-19(14)18/h3-4,8-9,11-12H,5-7,10,13H2,1-2H3. The van der Waals surface area contributed by atoms with Gasteiger partial charge in [0, 0.05) is 18.4 Å². The van der Waals surface area contributed by atoms with Gasteiger partial charge in [-0.1, -0.05) is 30.3 Å². The van der Waals surface area contributed by atoms with Crippen molar-refractivity contribution in [2.75, 3.05) is 10.8 Å². The maximum absolute atomic E-state index is 12.0. The Morgan fingerprint density at radius 3 is 2.70 bits per heavy atom. The normalized spacial score (nSPS) is 12.7. The fourth-order valence-electron chi connectivity index (χ4n) is 3.37. The third-order valence-corrected chi connectivity index (χ3v) is 4.83. The van der Waals surface area contributed by atoms with Gasteiger partial charge < -0.3 is 4.90 Å². The van der Waals surface area contributed by atoms with Crippen molar-refractivity contribution >= 4 is 23.2 Å². The molecule has 0 unspecified atom stereocenters. The van der Waals surface area contributed by atoms with Crippen LogP contribution in [0.15, 0.2) is 36.4 Å². The van der Waals surface area contributed by atoms with E-state index in [0.717, 1.165) is 36.4 Å². The van der Waals surface area contributed by atoms with E-state index >= 15 is 0 Å². The average Bonchev–Trinajstić information content (AvgIpc) is 2.54. The number of amides is 1. The van der Waals surface area contributed by atoms with Crippen LogP contribution in [-0.2, 0) is 17.8 Å². The molecule has 0 aliphatic carbocycles. The van der Waals surface area contributed by atoms with Crippen LogP contribution in [0, 0.1) is 6.92 Å². The lowest BCUT2D eigenvalue weighted by Crippen LogP contribution is -2.31. The van der Waals surface area contributed by atoms with Crippen LogP contribution in [0.3, 0.4) is 0 Å². The van der Waals surface area contributed by atoms with E-state index in [9.17, 15) is 4.79 Å². The molecule has 120 valence electrons. The minimum Gasteiger partial charge on any atom is -0.308 e. The maximum Gasteiger partial charge on any atom is 0.224 e. The molecule has 0 bridgehead atoms. The molecule has 0 saturated heterocycles. The molecule has 0 N–H and O–H groups in total. The zero-order chi connectivity index (χ0) is 16.4. The Morgan fingerprint density at radius 1 is 1.17 bits per heavy atom. The number of rotatable bonds is 4.